The molecule has 0 aliphatic heterocycles. The van der Waals surface area contributed by atoms with Crippen LogP contribution in [-0.4, -0.2) is 4.98 Å². The van der Waals surface area contributed by atoms with Crippen LogP contribution in [0.2, 0.25) is 5.02 Å². The zero-order chi connectivity index (χ0) is 14.8. The smallest absolute Gasteiger partial charge is 0.189 e. The van der Waals surface area contributed by atoms with E-state index < -0.39 is 0 Å². The van der Waals surface area contributed by atoms with E-state index in [4.69, 9.17) is 17.3 Å². The Labute approximate surface area is 131 Å². The summed E-state index contributed by atoms with van der Waals surface area (Å²) in [5, 5.41) is 7.65. The number of rotatable bonds is 4. The van der Waals surface area contributed by atoms with Gasteiger partial charge in [0.2, 0.25) is 0 Å². The molecule has 0 saturated heterocycles. The molecule has 3 aromatic rings. The van der Waals surface area contributed by atoms with E-state index in [1.54, 1.807) is 0 Å². The van der Waals surface area contributed by atoms with Gasteiger partial charge in [-0.1, -0.05) is 41.6 Å². The molecule has 4 nitrogen and oxygen atoms in total. The first-order chi connectivity index (χ1) is 10.1. The molecule has 21 heavy (non-hydrogen) atoms. The van der Waals surface area contributed by atoms with Gasteiger partial charge in [-0.25, -0.2) is 4.98 Å². The van der Waals surface area contributed by atoms with Crippen LogP contribution in [0.3, 0.4) is 0 Å². The van der Waals surface area contributed by atoms with Gasteiger partial charge in [-0.15, -0.1) is 0 Å². The number of anilines is 3. The fourth-order valence-corrected chi connectivity index (χ4v) is 3.11. The molecular weight excluding hydrogens is 304 g/mol. The Kier molecular flexibility index (Phi) is 3.68. The molecule has 0 amide bonds. The maximum Gasteiger partial charge on any atom is 0.189 e. The minimum atomic E-state index is 0.621. The maximum atomic E-state index is 6.12. The topological polar surface area (TPSA) is 63.0 Å². The summed E-state index contributed by atoms with van der Waals surface area (Å²) in [6.45, 7) is 3.94. The molecule has 1 aromatic heterocycles. The van der Waals surface area contributed by atoms with Crippen LogP contribution in [0.15, 0.2) is 54.9 Å². The summed E-state index contributed by atoms with van der Waals surface area (Å²) in [5.74, 6) is 0.621. The van der Waals surface area contributed by atoms with E-state index in [-0.39, 0.29) is 0 Å². The molecule has 106 valence electrons. The van der Waals surface area contributed by atoms with Crippen LogP contribution in [0, 0.1) is 0 Å². The number of nitrogens with zero attached hydrogens (tertiary/aromatic N) is 1. The standard InChI is InChI=1S/C15H13ClN4S/c1-9(18-11-5-2-4-10(17)8-11)19-15-20-14-12(16)6-3-7-13(14)21-15/h2-8,18H,1,17H2,(H,19,20). The van der Waals surface area contributed by atoms with Crippen LogP contribution in [0.4, 0.5) is 16.5 Å². The first-order valence-corrected chi connectivity index (χ1v) is 7.45. The highest BCUT2D eigenvalue weighted by Gasteiger charge is 2.07. The summed E-state index contributed by atoms with van der Waals surface area (Å²) in [7, 11) is 0. The first kappa shape index (κ1) is 13.7. The van der Waals surface area contributed by atoms with Gasteiger partial charge >= 0.3 is 0 Å². The van der Waals surface area contributed by atoms with Crippen molar-refractivity contribution in [2.75, 3.05) is 16.4 Å². The lowest BCUT2D eigenvalue weighted by Crippen LogP contribution is -2.07. The van der Waals surface area contributed by atoms with Crippen molar-refractivity contribution >= 4 is 49.7 Å². The van der Waals surface area contributed by atoms with Crippen LogP contribution in [0.5, 0.6) is 0 Å². The highest BCUT2D eigenvalue weighted by molar-refractivity contribution is 7.22. The molecule has 6 heteroatoms. The second-order valence-electron chi connectivity index (χ2n) is 4.46. The number of nitrogens with one attached hydrogen (secondary N) is 2. The van der Waals surface area contributed by atoms with Crippen LogP contribution < -0.4 is 16.4 Å². The molecule has 4 N–H and O–H groups in total. The van der Waals surface area contributed by atoms with Crippen molar-refractivity contribution in [3.8, 4) is 0 Å². The van der Waals surface area contributed by atoms with Gasteiger partial charge in [-0.3, -0.25) is 0 Å². The largest absolute Gasteiger partial charge is 0.399 e. The summed E-state index contributed by atoms with van der Waals surface area (Å²) in [4.78, 5) is 4.46. The van der Waals surface area contributed by atoms with Gasteiger partial charge in [0.1, 0.15) is 11.3 Å². The van der Waals surface area contributed by atoms with Crippen molar-refractivity contribution in [2.24, 2.45) is 0 Å². The number of hydrogen-bond acceptors (Lipinski definition) is 5. The first-order valence-electron chi connectivity index (χ1n) is 6.25. The fourth-order valence-electron chi connectivity index (χ4n) is 1.92. The van der Waals surface area contributed by atoms with Crippen molar-refractivity contribution in [2.45, 2.75) is 0 Å². The molecule has 1 heterocycles. The Balaban J connectivity index is 1.75. The van der Waals surface area contributed by atoms with Gasteiger partial charge in [0.25, 0.3) is 0 Å². The number of thiazole rings is 1. The summed E-state index contributed by atoms with van der Waals surface area (Å²) in [6, 6.07) is 13.2. The number of hydrogen-bond donors (Lipinski definition) is 3. The minimum absolute atomic E-state index is 0.621. The van der Waals surface area contributed by atoms with Crippen molar-refractivity contribution < 1.29 is 0 Å². The summed E-state index contributed by atoms with van der Waals surface area (Å²) in [6.07, 6.45) is 0. The van der Waals surface area contributed by atoms with E-state index in [9.17, 15) is 0 Å². The van der Waals surface area contributed by atoms with Crippen LogP contribution in [0.1, 0.15) is 0 Å². The van der Waals surface area contributed by atoms with Gasteiger partial charge in [0.15, 0.2) is 5.13 Å². The molecule has 0 unspecified atom stereocenters. The number of para-hydroxylation sites is 1. The number of benzene rings is 2. The number of aromatic nitrogens is 1. The third-order valence-corrected chi connectivity index (χ3v) is 4.05. The lowest BCUT2D eigenvalue weighted by molar-refractivity contribution is 1.35. The fraction of sp³-hybridized carbons (Fsp3) is 0. The van der Waals surface area contributed by atoms with E-state index in [0.717, 1.165) is 21.0 Å². The molecule has 3 rings (SSSR count). The van der Waals surface area contributed by atoms with E-state index in [2.05, 4.69) is 22.2 Å². The van der Waals surface area contributed by atoms with Crippen molar-refractivity contribution in [1.82, 2.24) is 4.98 Å². The van der Waals surface area contributed by atoms with Crippen LogP contribution in [0.25, 0.3) is 10.2 Å². The highest BCUT2D eigenvalue weighted by Crippen LogP contribution is 2.31. The normalized spacial score (nSPS) is 10.5. The molecule has 0 aliphatic rings. The molecule has 0 bridgehead atoms. The van der Waals surface area contributed by atoms with E-state index >= 15 is 0 Å². The zero-order valence-electron chi connectivity index (χ0n) is 11.1. The van der Waals surface area contributed by atoms with Crippen molar-refractivity contribution in [3.05, 3.63) is 59.9 Å². The van der Waals surface area contributed by atoms with Gasteiger partial charge in [-0.05, 0) is 30.3 Å². The monoisotopic (exact) mass is 316 g/mol. The van der Waals surface area contributed by atoms with E-state index in [0.29, 0.717) is 16.5 Å². The third kappa shape index (κ3) is 3.09. The van der Waals surface area contributed by atoms with Gasteiger partial charge in [0, 0.05) is 11.4 Å². The maximum absolute atomic E-state index is 6.12. The molecule has 0 saturated carbocycles. The third-order valence-electron chi connectivity index (χ3n) is 2.81. The predicted octanol–water partition coefficient (Wildman–Crippen LogP) is 4.53. The van der Waals surface area contributed by atoms with Crippen LogP contribution in [-0.2, 0) is 0 Å². The lowest BCUT2D eigenvalue weighted by Gasteiger charge is -2.10. The van der Waals surface area contributed by atoms with Gasteiger partial charge in [0.05, 0.1) is 9.72 Å². The number of halogens is 1. The van der Waals surface area contributed by atoms with E-state index in [1.165, 1.54) is 11.3 Å². The van der Waals surface area contributed by atoms with Crippen LogP contribution >= 0.6 is 22.9 Å². The zero-order valence-corrected chi connectivity index (χ0v) is 12.6. The van der Waals surface area contributed by atoms with Gasteiger partial charge < -0.3 is 16.4 Å². The lowest BCUT2D eigenvalue weighted by atomic mass is 10.3. The average molecular weight is 317 g/mol. The molecule has 0 atom stereocenters. The molecule has 0 aliphatic carbocycles. The molecule has 0 spiro atoms. The Morgan fingerprint density at radius 2 is 2.00 bits per heavy atom. The number of nitrogens with two attached hydrogens (primary N) is 1. The molecule has 0 radical (unpaired) electrons. The Morgan fingerprint density at radius 1 is 1.19 bits per heavy atom. The molecule has 2 aromatic carbocycles. The van der Waals surface area contributed by atoms with E-state index in [1.807, 2.05) is 42.5 Å². The number of nitrogen functional groups attached to an aromatic ring is 1. The summed E-state index contributed by atoms with van der Waals surface area (Å²) < 4.78 is 1.03. The van der Waals surface area contributed by atoms with Gasteiger partial charge in [-0.2, -0.15) is 0 Å². The Morgan fingerprint density at radius 3 is 2.76 bits per heavy atom. The van der Waals surface area contributed by atoms with Crippen molar-refractivity contribution in [1.29, 1.82) is 0 Å². The average Bonchev–Trinajstić information content (AvgIpc) is 2.82. The second-order valence-corrected chi connectivity index (χ2v) is 5.90. The Bertz CT molecular complexity index is 812. The second kappa shape index (κ2) is 5.63. The highest BCUT2D eigenvalue weighted by atomic mass is 35.5. The SMILES string of the molecule is C=C(Nc1cccc(N)c1)Nc1nc2c(Cl)cccc2s1. The molecule has 0 fully saturated rings. The Hall–Kier alpha value is -2.24. The number of fused-ring (bicyclic) bond motifs is 1. The predicted molar refractivity (Wildman–Crippen MR) is 91.9 cm³/mol. The van der Waals surface area contributed by atoms with Crippen molar-refractivity contribution in [3.63, 3.8) is 0 Å². The minimum Gasteiger partial charge on any atom is -0.399 e. The molecular formula is C15H13ClN4S. The quantitative estimate of drug-likeness (QED) is 0.619. The summed E-state index contributed by atoms with van der Waals surface area (Å²) >= 11 is 7.64. The summed E-state index contributed by atoms with van der Waals surface area (Å²) in [5.41, 5.74) is 8.10.